The lowest BCUT2D eigenvalue weighted by Crippen LogP contribution is -2.35. The van der Waals surface area contributed by atoms with Gasteiger partial charge in [0.25, 0.3) is 5.91 Å². The first kappa shape index (κ1) is 26.5. The number of hydrogen-bond donors (Lipinski definition) is 1. The van der Waals surface area contributed by atoms with E-state index in [4.69, 9.17) is 4.52 Å². The summed E-state index contributed by atoms with van der Waals surface area (Å²) in [5.41, 5.74) is 3.90. The van der Waals surface area contributed by atoms with E-state index < -0.39 is 23.1 Å². The summed E-state index contributed by atoms with van der Waals surface area (Å²) < 4.78 is 33.3. The molecule has 0 saturated carbocycles. The number of fused-ring (bicyclic) bond motifs is 3. The Kier molecular flexibility index (Phi) is 6.48. The van der Waals surface area contributed by atoms with Gasteiger partial charge in [-0.25, -0.2) is 13.8 Å². The van der Waals surface area contributed by atoms with Gasteiger partial charge in [0.2, 0.25) is 5.91 Å². The molecule has 41 heavy (non-hydrogen) atoms. The molecule has 3 aromatic heterocycles. The van der Waals surface area contributed by atoms with Crippen molar-refractivity contribution in [2.24, 2.45) is 0 Å². The van der Waals surface area contributed by atoms with Gasteiger partial charge in [0, 0.05) is 42.7 Å². The fraction of sp³-hybridized carbons (Fsp3) is 0.258. The zero-order valence-corrected chi connectivity index (χ0v) is 22.7. The van der Waals surface area contributed by atoms with E-state index in [0.29, 0.717) is 41.2 Å². The van der Waals surface area contributed by atoms with E-state index in [-0.39, 0.29) is 18.4 Å². The maximum Gasteiger partial charge on any atom is 0.260 e. The monoisotopic (exact) mass is 555 g/mol. The van der Waals surface area contributed by atoms with Crippen LogP contribution in [0, 0.1) is 25.5 Å². The third-order valence-corrected chi connectivity index (χ3v) is 7.99. The minimum atomic E-state index is -0.719. The molecule has 1 N–H and O–H groups in total. The van der Waals surface area contributed by atoms with E-state index in [2.05, 4.69) is 20.4 Å². The molecule has 0 bridgehead atoms. The highest BCUT2D eigenvalue weighted by Crippen LogP contribution is 2.46. The molecular weight excluding hydrogens is 528 g/mol. The number of halogens is 2. The zero-order valence-electron chi connectivity index (χ0n) is 22.7. The van der Waals surface area contributed by atoms with Gasteiger partial charge < -0.3 is 14.7 Å². The Balaban J connectivity index is 1.26. The molecule has 2 amide bonds. The van der Waals surface area contributed by atoms with Crippen LogP contribution in [0.3, 0.4) is 0 Å². The Bertz CT molecular complexity index is 1690. The lowest BCUT2D eigenvalue weighted by atomic mass is 9.80. The quantitative estimate of drug-likeness (QED) is 0.348. The standard InChI is InChI=1S/C31H27F2N5O3/c1-17-27(19(3)41-37-17)29(39)38(18(2)21-11-23(32)13-24(33)12-21)9-5-6-20-10-22-14-31(15-26(22)35-16-20)25-7-4-8-34-28(25)36-30(31)40/h4-8,10-13,16,18H,9,14-15H2,1-3H3,(H,34,36,40)/b6-5+/t18-,31+/m1/s1. The second-order valence-electron chi connectivity index (χ2n) is 10.6. The van der Waals surface area contributed by atoms with E-state index >= 15 is 0 Å². The van der Waals surface area contributed by atoms with E-state index in [1.807, 2.05) is 24.3 Å². The van der Waals surface area contributed by atoms with Crippen LogP contribution in [0.1, 0.15) is 62.7 Å². The van der Waals surface area contributed by atoms with Crippen molar-refractivity contribution in [3.8, 4) is 0 Å². The molecule has 1 aromatic carbocycles. The van der Waals surface area contributed by atoms with Gasteiger partial charge in [-0.3, -0.25) is 14.6 Å². The minimum absolute atomic E-state index is 0.0717. The Hall–Kier alpha value is -4.73. The number of benzene rings is 1. The number of aromatic nitrogens is 3. The van der Waals surface area contributed by atoms with Crippen LogP contribution in [0.4, 0.5) is 14.6 Å². The Labute approximate surface area is 235 Å². The number of nitrogens with one attached hydrogen (secondary N) is 1. The molecule has 1 spiro atoms. The summed E-state index contributed by atoms with van der Waals surface area (Å²) in [7, 11) is 0. The molecule has 1 aliphatic carbocycles. The summed E-state index contributed by atoms with van der Waals surface area (Å²) in [5.74, 6) is -0.912. The van der Waals surface area contributed by atoms with Crippen LogP contribution in [-0.4, -0.2) is 38.4 Å². The molecule has 8 nitrogen and oxygen atoms in total. The molecule has 4 aromatic rings. The molecular formula is C31H27F2N5O3. The first-order valence-electron chi connectivity index (χ1n) is 13.3. The zero-order chi connectivity index (χ0) is 28.9. The summed E-state index contributed by atoms with van der Waals surface area (Å²) in [6, 6.07) is 8.35. The second-order valence-corrected chi connectivity index (χ2v) is 10.6. The predicted molar refractivity (Wildman–Crippen MR) is 147 cm³/mol. The lowest BCUT2D eigenvalue weighted by Gasteiger charge is -2.29. The van der Waals surface area contributed by atoms with Crippen LogP contribution in [0.25, 0.3) is 6.08 Å². The third-order valence-electron chi connectivity index (χ3n) is 7.99. The maximum absolute atomic E-state index is 14.0. The van der Waals surface area contributed by atoms with Crippen molar-refractivity contribution in [3.63, 3.8) is 0 Å². The number of aryl methyl sites for hydroxylation is 2. The normalized spacial score (nSPS) is 18.0. The minimum Gasteiger partial charge on any atom is -0.361 e. The number of nitrogens with zero attached hydrogens (tertiary/aromatic N) is 4. The molecule has 2 atom stereocenters. The highest BCUT2D eigenvalue weighted by atomic mass is 19.1. The first-order valence-corrected chi connectivity index (χ1v) is 13.3. The van der Waals surface area contributed by atoms with E-state index in [0.717, 1.165) is 28.5 Å². The van der Waals surface area contributed by atoms with Crippen molar-refractivity contribution in [1.29, 1.82) is 0 Å². The van der Waals surface area contributed by atoms with Gasteiger partial charge in [-0.05, 0) is 68.1 Å². The Morgan fingerprint density at radius 3 is 2.68 bits per heavy atom. The lowest BCUT2D eigenvalue weighted by molar-refractivity contribution is -0.120. The molecule has 10 heteroatoms. The number of hydrogen-bond acceptors (Lipinski definition) is 6. The second kappa shape index (κ2) is 10.0. The predicted octanol–water partition coefficient (Wildman–Crippen LogP) is 5.27. The summed E-state index contributed by atoms with van der Waals surface area (Å²) >= 11 is 0. The van der Waals surface area contributed by atoms with Crippen LogP contribution >= 0.6 is 0 Å². The fourth-order valence-electron chi connectivity index (χ4n) is 5.87. The van der Waals surface area contributed by atoms with Gasteiger partial charge in [0.1, 0.15) is 28.8 Å². The maximum atomic E-state index is 14.0. The highest BCUT2D eigenvalue weighted by Gasteiger charge is 2.51. The SMILES string of the molecule is Cc1noc(C)c1C(=O)N(C/C=C/c1cnc2c(c1)C[C@@]1(C2)C(=O)Nc2ncccc21)[C@H](C)c1cc(F)cc(F)c1. The average molecular weight is 556 g/mol. The number of carbonyl (C=O) groups excluding carboxylic acids is 2. The number of anilines is 1. The smallest absolute Gasteiger partial charge is 0.260 e. The molecule has 0 saturated heterocycles. The van der Waals surface area contributed by atoms with Crippen molar-refractivity contribution in [2.45, 2.75) is 45.1 Å². The Morgan fingerprint density at radius 1 is 1.17 bits per heavy atom. The highest BCUT2D eigenvalue weighted by molar-refractivity contribution is 6.06. The van der Waals surface area contributed by atoms with Gasteiger partial charge in [0.15, 0.2) is 0 Å². The number of amides is 2. The third kappa shape index (κ3) is 4.59. The Morgan fingerprint density at radius 2 is 1.95 bits per heavy atom. The van der Waals surface area contributed by atoms with Crippen LogP contribution in [0.5, 0.6) is 0 Å². The average Bonchev–Trinajstić information content (AvgIpc) is 3.58. The van der Waals surface area contributed by atoms with Crippen molar-refractivity contribution >= 4 is 23.7 Å². The molecule has 208 valence electrons. The summed E-state index contributed by atoms with van der Waals surface area (Å²) in [6.07, 6.45) is 8.05. The molecule has 1 aliphatic heterocycles. The van der Waals surface area contributed by atoms with Gasteiger partial charge in [0.05, 0.1) is 17.2 Å². The van der Waals surface area contributed by atoms with Gasteiger partial charge in [-0.2, -0.15) is 0 Å². The van der Waals surface area contributed by atoms with Gasteiger partial charge >= 0.3 is 0 Å². The van der Waals surface area contributed by atoms with Gasteiger partial charge in [-0.1, -0.05) is 23.4 Å². The number of pyridine rings is 2. The summed E-state index contributed by atoms with van der Waals surface area (Å²) in [4.78, 5) is 37.1. The van der Waals surface area contributed by atoms with Crippen LogP contribution < -0.4 is 5.32 Å². The fourth-order valence-corrected chi connectivity index (χ4v) is 5.87. The molecule has 0 fully saturated rings. The molecule has 6 rings (SSSR count). The molecule has 0 unspecified atom stereocenters. The van der Waals surface area contributed by atoms with Crippen molar-refractivity contribution in [2.75, 3.05) is 11.9 Å². The van der Waals surface area contributed by atoms with Crippen LogP contribution in [0.2, 0.25) is 0 Å². The molecule has 2 aliphatic rings. The van der Waals surface area contributed by atoms with E-state index in [1.54, 1.807) is 39.2 Å². The van der Waals surface area contributed by atoms with Crippen molar-refractivity contribution in [3.05, 3.63) is 111 Å². The van der Waals surface area contributed by atoms with Crippen LogP contribution in [-0.2, 0) is 23.1 Å². The first-order chi connectivity index (χ1) is 19.7. The van der Waals surface area contributed by atoms with E-state index in [1.165, 1.54) is 17.0 Å². The van der Waals surface area contributed by atoms with Gasteiger partial charge in [-0.15, -0.1) is 0 Å². The largest absolute Gasteiger partial charge is 0.361 e. The topological polar surface area (TPSA) is 101 Å². The summed E-state index contributed by atoms with van der Waals surface area (Å²) in [6.45, 7) is 5.18. The molecule has 0 radical (unpaired) electrons. The van der Waals surface area contributed by atoms with E-state index in [9.17, 15) is 18.4 Å². The molecule has 4 heterocycles. The number of rotatable bonds is 6. The number of carbonyl (C=O) groups is 2. The summed E-state index contributed by atoms with van der Waals surface area (Å²) in [5, 5.41) is 6.79. The van der Waals surface area contributed by atoms with Crippen molar-refractivity contribution in [1.82, 2.24) is 20.0 Å². The van der Waals surface area contributed by atoms with Crippen molar-refractivity contribution < 1.29 is 22.9 Å². The van der Waals surface area contributed by atoms with Crippen LogP contribution in [0.15, 0.2) is 59.4 Å².